The molecule has 3 rings (SSSR count). The minimum absolute atomic E-state index is 0.249. The van der Waals surface area contributed by atoms with E-state index in [2.05, 4.69) is 16.5 Å². The van der Waals surface area contributed by atoms with Crippen LogP contribution in [0.1, 0.15) is 31.6 Å². The van der Waals surface area contributed by atoms with Gasteiger partial charge in [-0.3, -0.25) is 0 Å². The molecule has 1 aliphatic heterocycles. The number of para-hydroxylation sites is 1. The zero-order valence-electron chi connectivity index (χ0n) is 11.5. The minimum Gasteiger partial charge on any atom is -0.381 e. The van der Waals surface area contributed by atoms with Gasteiger partial charge in [-0.15, -0.1) is 11.6 Å². The summed E-state index contributed by atoms with van der Waals surface area (Å²) in [5.41, 5.74) is 1.25. The van der Waals surface area contributed by atoms with E-state index in [4.69, 9.17) is 16.3 Å². The third-order valence-corrected chi connectivity index (χ3v) is 4.46. The van der Waals surface area contributed by atoms with Crippen molar-refractivity contribution in [3.8, 4) is 0 Å². The molecule has 0 aliphatic carbocycles. The van der Waals surface area contributed by atoms with Crippen LogP contribution in [0.25, 0.3) is 11.0 Å². The zero-order valence-corrected chi connectivity index (χ0v) is 12.2. The van der Waals surface area contributed by atoms with Crippen LogP contribution in [0.3, 0.4) is 0 Å². The molecule has 0 radical (unpaired) electrons. The lowest BCUT2D eigenvalue weighted by molar-refractivity contribution is 0.0516. The molecule has 1 aliphatic rings. The van der Waals surface area contributed by atoms with Crippen molar-refractivity contribution >= 4 is 22.6 Å². The molecule has 2 heterocycles. The first-order valence-corrected chi connectivity index (χ1v) is 7.55. The van der Waals surface area contributed by atoms with Crippen molar-refractivity contribution in [2.24, 2.45) is 5.92 Å². The predicted octanol–water partition coefficient (Wildman–Crippen LogP) is 3.90. The Labute approximate surface area is 122 Å². The molecule has 0 N–H and O–H groups in total. The predicted molar refractivity (Wildman–Crippen MR) is 77.5 cm³/mol. The number of hydrogen-bond donors (Lipinski definition) is 0. The summed E-state index contributed by atoms with van der Waals surface area (Å²) in [6.07, 6.45) is 2.05. The number of halogens is 2. The number of imidazole rings is 1. The number of ether oxygens (including phenoxy) is 1. The van der Waals surface area contributed by atoms with Gasteiger partial charge in [-0.25, -0.2) is 9.37 Å². The third kappa shape index (κ3) is 2.31. The van der Waals surface area contributed by atoms with Crippen molar-refractivity contribution in [1.29, 1.82) is 0 Å². The third-order valence-electron chi connectivity index (χ3n) is 4.22. The maximum absolute atomic E-state index is 13.9. The Morgan fingerprint density at radius 3 is 2.90 bits per heavy atom. The zero-order chi connectivity index (χ0) is 14.1. The van der Waals surface area contributed by atoms with Gasteiger partial charge in [0.2, 0.25) is 0 Å². The quantitative estimate of drug-likeness (QED) is 0.803. The smallest absolute Gasteiger partial charge is 0.151 e. The first-order valence-electron chi connectivity index (χ1n) is 7.01. The van der Waals surface area contributed by atoms with Gasteiger partial charge < -0.3 is 9.30 Å². The van der Waals surface area contributed by atoms with Gasteiger partial charge in [-0.2, -0.15) is 0 Å². The van der Waals surface area contributed by atoms with Gasteiger partial charge in [0, 0.05) is 19.3 Å². The highest BCUT2D eigenvalue weighted by Gasteiger charge is 2.25. The van der Waals surface area contributed by atoms with E-state index in [0.29, 0.717) is 17.3 Å². The van der Waals surface area contributed by atoms with Crippen molar-refractivity contribution in [2.75, 3.05) is 13.2 Å². The topological polar surface area (TPSA) is 27.1 Å². The molecule has 5 heteroatoms. The summed E-state index contributed by atoms with van der Waals surface area (Å²) in [5.74, 6) is 1.27. The summed E-state index contributed by atoms with van der Waals surface area (Å²) in [5, 5.41) is 0. The molecule has 1 aromatic heterocycles. The fraction of sp³-hybridized carbons (Fsp3) is 0.533. The molecule has 0 bridgehead atoms. The number of aromatic nitrogens is 2. The highest BCUT2D eigenvalue weighted by atomic mass is 35.5. The first kappa shape index (κ1) is 13.8. The van der Waals surface area contributed by atoms with E-state index in [0.717, 1.165) is 37.4 Å². The number of rotatable bonds is 3. The summed E-state index contributed by atoms with van der Waals surface area (Å²) < 4.78 is 21.4. The molecule has 1 atom stereocenters. The summed E-state index contributed by atoms with van der Waals surface area (Å²) in [7, 11) is 0. The standard InChI is InChI=1S/C15H18ClFN2O/c1-10(11-5-7-20-8-6-11)19-13-4-2-3-12(17)15(13)18-14(19)9-16/h2-4,10-11H,5-9H2,1H3. The van der Waals surface area contributed by atoms with Crippen molar-refractivity contribution in [3.05, 3.63) is 29.8 Å². The van der Waals surface area contributed by atoms with Crippen molar-refractivity contribution in [2.45, 2.75) is 31.7 Å². The van der Waals surface area contributed by atoms with Crippen molar-refractivity contribution < 1.29 is 9.13 Å². The fourth-order valence-electron chi connectivity index (χ4n) is 3.09. The SMILES string of the molecule is CC(C1CCOCC1)n1c(CCl)nc2c(F)cccc21. The maximum Gasteiger partial charge on any atom is 0.151 e. The number of benzene rings is 1. The molecule has 20 heavy (non-hydrogen) atoms. The van der Waals surface area contributed by atoms with Crippen LogP contribution in [-0.2, 0) is 10.6 Å². The van der Waals surface area contributed by atoms with Gasteiger partial charge >= 0.3 is 0 Å². The maximum atomic E-state index is 13.9. The van der Waals surface area contributed by atoms with Crippen LogP contribution in [0, 0.1) is 11.7 Å². The highest BCUT2D eigenvalue weighted by Crippen LogP contribution is 2.32. The lowest BCUT2D eigenvalue weighted by Gasteiger charge is -2.30. The second-order valence-corrected chi connectivity index (χ2v) is 5.60. The van der Waals surface area contributed by atoms with Gasteiger partial charge in [-0.1, -0.05) is 6.07 Å². The van der Waals surface area contributed by atoms with Crippen LogP contribution in [0.2, 0.25) is 0 Å². The summed E-state index contributed by atoms with van der Waals surface area (Å²) in [6.45, 7) is 3.76. The van der Waals surface area contributed by atoms with Crippen LogP contribution in [0.15, 0.2) is 18.2 Å². The molecule has 1 unspecified atom stereocenters. The average Bonchev–Trinajstić information content (AvgIpc) is 2.87. The average molecular weight is 297 g/mol. The molecular weight excluding hydrogens is 279 g/mol. The highest BCUT2D eigenvalue weighted by molar-refractivity contribution is 6.16. The van der Waals surface area contributed by atoms with Gasteiger partial charge in [0.25, 0.3) is 0 Å². The van der Waals surface area contributed by atoms with E-state index in [1.807, 2.05) is 6.07 Å². The van der Waals surface area contributed by atoms with Crippen LogP contribution in [-0.4, -0.2) is 22.8 Å². The summed E-state index contributed by atoms with van der Waals surface area (Å²) in [6, 6.07) is 5.33. The van der Waals surface area contributed by atoms with E-state index >= 15 is 0 Å². The number of hydrogen-bond acceptors (Lipinski definition) is 2. The van der Waals surface area contributed by atoms with Crippen molar-refractivity contribution in [1.82, 2.24) is 9.55 Å². The second kappa shape index (κ2) is 5.70. The van der Waals surface area contributed by atoms with Crippen molar-refractivity contribution in [3.63, 3.8) is 0 Å². The Morgan fingerprint density at radius 2 is 2.20 bits per heavy atom. The molecule has 0 spiro atoms. The minimum atomic E-state index is -0.285. The van der Waals surface area contributed by atoms with Gasteiger partial charge in [0.1, 0.15) is 11.3 Å². The largest absolute Gasteiger partial charge is 0.381 e. The molecule has 108 valence electrons. The lowest BCUT2D eigenvalue weighted by atomic mass is 9.92. The number of alkyl halides is 1. The van der Waals surface area contributed by atoms with E-state index in [1.165, 1.54) is 6.07 Å². The first-order chi connectivity index (χ1) is 9.72. The molecule has 0 amide bonds. The van der Waals surface area contributed by atoms with Crippen LogP contribution in [0.4, 0.5) is 4.39 Å². The molecule has 2 aromatic rings. The van der Waals surface area contributed by atoms with E-state index < -0.39 is 0 Å². The van der Waals surface area contributed by atoms with Gasteiger partial charge in [0.05, 0.1) is 11.4 Å². The molecular formula is C15H18ClFN2O. The van der Waals surface area contributed by atoms with E-state index in [-0.39, 0.29) is 11.9 Å². The Hall–Kier alpha value is -1.13. The lowest BCUT2D eigenvalue weighted by Crippen LogP contribution is -2.25. The van der Waals surface area contributed by atoms with Gasteiger partial charge in [0.15, 0.2) is 5.82 Å². The van der Waals surface area contributed by atoms with Gasteiger partial charge in [-0.05, 0) is 37.8 Å². The Bertz CT molecular complexity index is 607. The molecule has 1 aromatic carbocycles. The normalized spacial score (nSPS) is 18.6. The number of fused-ring (bicyclic) bond motifs is 1. The molecule has 1 saturated heterocycles. The summed E-state index contributed by atoms with van der Waals surface area (Å²) in [4.78, 5) is 4.37. The summed E-state index contributed by atoms with van der Waals surface area (Å²) >= 11 is 6.01. The van der Waals surface area contributed by atoms with Crippen LogP contribution >= 0.6 is 11.6 Å². The Balaban J connectivity index is 2.06. The fourth-order valence-corrected chi connectivity index (χ4v) is 3.28. The van der Waals surface area contributed by atoms with E-state index in [1.54, 1.807) is 6.07 Å². The second-order valence-electron chi connectivity index (χ2n) is 5.33. The molecule has 3 nitrogen and oxygen atoms in total. The monoisotopic (exact) mass is 296 g/mol. The molecule has 1 fully saturated rings. The van der Waals surface area contributed by atoms with Crippen LogP contribution < -0.4 is 0 Å². The Kier molecular flexibility index (Phi) is 3.94. The van der Waals surface area contributed by atoms with E-state index in [9.17, 15) is 4.39 Å². The van der Waals surface area contributed by atoms with Crippen LogP contribution in [0.5, 0.6) is 0 Å². The Morgan fingerprint density at radius 1 is 1.45 bits per heavy atom. The molecule has 0 saturated carbocycles. The number of nitrogens with zero attached hydrogens (tertiary/aromatic N) is 2.